The molecule has 3 aromatic carbocycles. The highest BCUT2D eigenvalue weighted by Crippen LogP contribution is 2.47. The lowest BCUT2D eigenvalue weighted by Crippen LogP contribution is -2.16. The first kappa shape index (κ1) is 19.3. The van der Waals surface area contributed by atoms with Gasteiger partial charge in [0, 0.05) is 17.2 Å². The Balaban J connectivity index is 1.80. The van der Waals surface area contributed by atoms with Gasteiger partial charge in [0.15, 0.2) is 0 Å². The quantitative estimate of drug-likeness (QED) is 0.508. The van der Waals surface area contributed by atoms with E-state index in [1.165, 1.54) is 40.7 Å². The summed E-state index contributed by atoms with van der Waals surface area (Å²) in [6, 6.07) is 22.8. The van der Waals surface area contributed by atoms with Crippen LogP contribution in [0.2, 0.25) is 0 Å². The van der Waals surface area contributed by atoms with Gasteiger partial charge in [-0.05, 0) is 61.1 Å². The van der Waals surface area contributed by atoms with E-state index >= 15 is 0 Å². The standard InChI is InChI=1S/C27H28O2/c1-4-5-6-20-9-13-22(14-10-20)27-26(21-11-7-18(2)8-12-21)19(3)24-16-15-23(28)17-25(24)29-27/h7-17,27-28H,4-6H2,1-3H3. The summed E-state index contributed by atoms with van der Waals surface area (Å²) in [5, 5.41) is 9.97. The summed E-state index contributed by atoms with van der Waals surface area (Å²) in [4.78, 5) is 0. The monoisotopic (exact) mass is 384 g/mol. The molecule has 0 fully saturated rings. The Bertz CT molecular complexity index is 1030. The van der Waals surface area contributed by atoms with E-state index in [1.54, 1.807) is 12.1 Å². The first-order chi connectivity index (χ1) is 14.1. The molecule has 1 aliphatic rings. The van der Waals surface area contributed by atoms with Crippen molar-refractivity contribution in [1.29, 1.82) is 0 Å². The van der Waals surface area contributed by atoms with Crippen molar-refractivity contribution in [2.24, 2.45) is 0 Å². The van der Waals surface area contributed by atoms with Crippen LogP contribution < -0.4 is 4.74 Å². The fraction of sp³-hybridized carbons (Fsp3) is 0.259. The van der Waals surface area contributed by atoms with Crippen molar-refractivity contribution in [3.8, 4) is 11.5 Å². The van der Waals surface area contributed by atoms with Crippen LogP contribution in [0, 0.1) is 6.92 Å². The molecule has 1 unspecified atom stereocenters. The molecule has 1 N–H and O–H groups in total. The zero-order valence-electron chi connectivity index (χ0n) is 17.4. The highest BCUT2D eigenvalue weighted by molar-refractivity contribution is 5.95. The number of allylic oxidation sites excluding steroid dienone is 1. The molecule has 0 bridgehead atoms. The number of fused-ring (bicyclic) bond motifs is 1. The second-order valence-electron chi connectivity index (χ2n) is 7.93. The van der Waals surface area contributed by atoms with Gasteiger partial charge in [0.1, 0.15) is 17.6 Å². The summed E-state index contributed by atoms with van der Waals surface area (Å²) in [6.45, 7) is 6.47. The molecule has 0 aromatic heterocycles. The Morgan fingerprint density at radius 3 is 2.31 bits per heavy atom. The minimum atomic E-state index is -0.202. The Morgan fingerprint density at radius 2 is 1.62 bits per heavy atom. The number of unbranched alkanes of at least 4 members (excludes halogenated alkanes) is 1. The number of ether oxygens (including phenoxy) is 1. The van der Waals surface area contributed by atoms with Crippen LogP contribution in [0.5, 0.6) is 11.5 Å². The Labute approximate surface area is 173 Å². The summed E-state index contributed by atoms with van der Waals surface area (Å²) < 4.78 is 6.47. The summed E-state index contributed by atoms with van der Waals surface area (Å²) in [5.74, 6) is 0.961. The zero-order chi connectivity index (χ0) is 20.4. The van der Waals surface area contributed by atoms with Crippen molar-refractivity contribution in [2.45, 2.75) is 46.1 Å². The van der Waals surface area contributed by atoms with Crippen molar-refractivity contribution >= 4 is 11.1 Å². The fourth-order valence-electron chi connectivity index (χ4n) is 4.02. The Morgan fingerprint density at radius 1 is 0.897 bits per heavy atom. The normalized spacial score (nSPS) is 15.8. The van der Waals surface area contributed by atoms with E-state index < -0.39 is 0 Å². The molecule has 29 heavy (non-hydrogen) atoms. The molecule has 0 aliphatic carbocycles. The summed E-state index contributed by atoms with van der Waals surface area (Å²) in [7, 11) is 0. The van der Waals surface area contributed by atoms with Crippen LogP contribution in [-0.2, 0) is 6.42 Å². The molecule has 3 aromatic rings. The number of aromatic hydroxyl groups is 1. The molecule has 1 atom stereocenters. The predicted octanol–water partition coefficient (Wildman–Crippen LogP) is 7.11. The maximum atomic E-state index is 9.97. The number of benzene rings is 3. The minimum absolute atomic E-state index is 0.202. The van der Waals surface area contributed by atoms with Crippen LogP contribution in [0.1, 0.15) is 60.6 Å². The van der Waals surface area contributed by atoms with E-state index in [4.69, 9.17) is 4.74 Å². The zero-order valence-corrected chi connectivity index (χ0v) is 17.4. The van der Waals surface area contributed by atoms with Crippen LogP contribution in [0.4, 0.5) is 0 Å². The smallest absolute Gasteiger partial charge is 0.150 e. The topological polar surface area (TPSA) is 29.5 Å². The third-order valence-corrected chi connectivity index (χ3v) is 5.74. The average molecular weight is 385 g/mol. The molecule has 0 amide bonds. The van der Waals surface area contributed by atoms with Gasteiger partial charge in [-0.15, -0.1) is 0 Å². The summed E-state index contributed by atoms with van der Waals surface area (Å²) in [6.07, 6.45) is 3.32. The highest BCUT2D eigenvalue weighted by atomic mass is 16.5. The van der Waals surface area contributed by atoms with Crippen molar-refractivity contribution in [3.05, 3.63) is 94.5 Å². The summed E-state index contributed by atoms with van der Waals surface area (Å²) >= 11 is 0. The van der Waals surface area contributed by atoms with Crippen LogP contribution in [0.15, 0.2) is 66.7 Å². The Kier molecular flexibility index (Phi) is 5.44. The molecular weight excluding hydrogens is 356 g/mol. The van der Waals surface area contributed by atoms with Gasteiger partial charge in [-0.2, -0.15) is 0 Å². The minimum Gasteiger partial charge on any atom is -0.508 e. The van der Waals surface area contributed by atoms with Crippen LogP contribution in [-0.4, -0.2) is 5.11 Å². The third kappa shape index (κ3) is 3.93. The molecule has 1 aliphatic heterocycles. The molecule has 0 spiro atoms. The second kappa shape index (κ2) is 8.16. The van der Waals surface area contributed by atoms with Gasteiger partial charge in [-0.25, -0.2) is 0 Å². The number of rotatable bonds is 5. The maximum absolute atomic E-state index is 9.97. The van der Waals surface area contributed by atoms with Gasteiger partial charge in [-0.3, -0.25) is 0 Å². The second-order valence-corrected chi connectivity index (χ2v) is 7.93. The Hall–Kier alpha value is -3.00. The first-order valence-corrected chi connectivity index (χ1v) is 10.4. The van der Waals surface area contributed by atoms with Gasteiger partial charge in [0.25, 0.3) is 0 Å². The average Bonchev–Trinajstić information content (AvgIpc) is 2.73. The third-order valence-electron chi connectivity index (χ3n) is 5.74. The largest absolute Gasteiger partial charge is 0.508 e. The van der Waals surface area contributed by atoms with Crippen LogP contribution in [0.25, 0.3) is 11.1 Å². The number of hydrogen-bond acceptors (Lipinski definition) is 2. The summed E-state index contributed by atoms with van der Waals surface area (Å²) in [5.41, 5.74) is 8.32. The van der Waals surface area contributed by atoms with Crippen LogP contribution in [0.3, 0.4) is 0 Å². The number of phenolic OH excluding ortho intramolecular Hbond substituents is 1. The molecule has 1 heterocycles. The first-order valence-electron chi connectivity index (χ1n) is 10.4. The molecule has 0 saturated heterocycles. The lowest BCUT2D eigenvalue weighted by atomic mass is 9.85. The number of aryl methyl sites for hydroxylation is 2. The molecular formula is C27H28O2. The maximum Gasteiger partial charge on any atom is 0.150 e. The van der Waals surface area contributed by atoms with E-state index in [9.17, 15) is 5.11 Å². The molecule has 2 nitrogen and oxygen atoms in total. The lowest BCUT2D eigenvalue weighted by molar-refractivity contribution is 0.259. The van der Waals surface area contributed by atoms with E-state index in [2.05, 4.69) is 69.3 Å². The van der Waals surface area contributed by atoms with E-state index in [-0.39, 0.29) is 11.9 Å². The molecule has 148 valence electrons. The van der Waals surface area contributed by atoms with Gasteiger partial charge >= 0.3 is 0 Å². The predicted molar refractivity (Wildman–Crippen MR) is 120 cm³/mol. The van der Waals surface area contributed by atoms with Gasteiger partial charge in [-0.1, -0.05) is 67.4 Å². The van der Waals surface area contributed by atoms with Crippen LogP contribution >= 0.6 is 0 Å². The van der Waals surface area contributed by atoms with Crippen molar-refractivity contribution in [1.82, 2.24) is 0 Å². The van der Waals surface area contributed by atoms with Gasteiger partial charge in [0.2, 0.25) is 0 Å². The fourth-order valence-corrected chi connectivity index (χ4v) is 4.02. The molecule has 2 heteroatoms. The van der Waals surface area contributed by atoms with E-state index in [1.807, 2.05) is 6.07 Å². The molecule has 4 rings (SSSR count). The van der Waals surface area contributed by atoms with Gasteiger partial charge in [0.05, 0.1) is 0 Å². The highest BCUT2D eigenvalue weighted by Gasteiger charge is 2.29. The van der Waals surface area contributed by atoms with E-state index in [0.29, 0.717) is 0 Å². The lowest BCUT2D eigenvalue weighted by Gasteiger charge is -2.31. The van der Waals surface area contributed by atoms with Crippen molar-refractivity contribution in [2.75, 3.05) is 0 Å². The molecule has 0 radical (unpaired) electrons. The number of hydrogen-bond donors (Lipinski definition) is 1. The molecule has 0 saturated carbocycles. The van der Waals surface area contributed by atoms with Gasteiger partial charge < -0.3 is 9.84 Å². The van der Waals surface area contributed by atoms with Crippen molar-refractivity contribution in [3.63, 3.8) is 0 Å². The number of phenols is 1. The SMILES string of the molecule is CCCCc1ccc(C2Oc3cc(O)ccc3C(C)=C2c2ccc(C)cc2)cc1. The van der Waals surface area contributed by atoms with Crippen molar-refractivity contribution < 1.29 is 9.84 Å². The van der Waals surface area contributed by atoms with E-state index in [0.717, 1.165) is 23.3 Å².